The first-order chi connectivity index (χ1) is 12.7. The summed E-state index contributed by atoms with van der Waals surface area (Å²) in [5.74, 6) is -0.733. The van der Waals surface area contributed by atoms with E-state index in [0.717, 1.165) is 0 Å². The number of hydrogen-bond acceptors (Lipinski definition) is 6. The van der Waals surface area contributed by atoms with Gasteiger partial charge in [-0.1, -0.05) is 13.8 Å². The first-order valence-electron chi connectivity index (χ1n) is 9.54. The molecule has 0 aliphatic carbocycles. The van der Waals surface area contributed by atoms with E-state index in [-0.39, 0.29) is 54.1 Å². The number of hydrogen-bond donors (Lipinski definition) is 1. The molecule has 0 amide bonds. The van der Waals surface area contributed by atoms with Gasteiger partial charge in [-0.25, -0.2) is 0 Å². The molecule has 164 valence electrons. The number of esters is 2. The lowest BCUT2D eigenvalue weighted by Crippen LogP contribution is -2.39. The zero-order valence-corrected chi connectivity index (χ0v) is 19.5. The summed E-state index contributed by atoms with van der Waals surface area (Å²) < 4.78 is 10.8. The van der Waals surface area contributed by atoms with Gasteiger partial charge in [-0.05, 0) is 65.7 Å². The number of benzene rings is 1. The molecular weight excluding hydrogens is 394 g/mol. The largest absolute Gasteiger partial charge is 0.422 e. The highest BCUT2D eigenvalue weighted by molar-refractivity contribution is 5.98. The van der Waals surface area contributed by atoms with Gasteiger partial charge in [-0.15, -0.1) is 12.4 Å². The SMILES string of the molecule is CC(C)CC(=O)Oc1cc(C(=O)CNC(C)(C)C)ccc1OC(=O)C(C)(C)C.Cl. The molecule has 0 saturated carbocycles. The van der Waals surface area contributed by atoms with Gasteiger partial charge in [0.25, 0.3) is 0 Å². The second-order valence-corrected chi connectivity index (χ2v) is 9.40. The third kappa shape index (κ3) is 9.90. The zero-order valence-electron chi connectivity index (χ0n) is 18.7. The number of ether oxygens (including phenoxy) is 2. The van der Waals surface area contributed by atoms with E-state index in [1.165, 1.54) is 12.1 Å². The second-order valence-electron chi connectivity index (χ2n) is 9.40. The van der Waals surface area contributed by atoms with Gasteiger partial charge < -0.3 is 14.8 Å². The van der Waals surface area contributed by atoms with Crippen molar-refractivity contribution in [1.29, 1.82) is 0 Å². The van der Waals surface area contributed by atoms with Crippen molar-refractivity contribution in [2.24, 2.45) is 11.3 Å². The van der Waals surface area contributed by atoms with Gasteiger partial charge in [0.1, 0.15) is 0 Å². The summed E-state index contributed by atoms with van der Waals surface area (Å²) in [4.78, 5) is 36.9. The van der Waals surface area contributed by atoms with Crippen molar-refractivity contribution in [3.05, 3.63) is 23.8 Å². The van der Waals surface area contributed by atoms with E-state index in [1.54, 1.807) is 26.8 Å². The maximum absolute atomic E-state index is 12.5. The Hall–Kier alpha value is -1.92. The Morgan fingerprint density at radius 2 is 1.55 bits per heavy atom. The van der Waals surface area contributed by atoms with Gasteiger partial charge in [-0.2, -0.15) is 0 Å². The Labute approximate surface area is 180 Å². The monoisotopic (exact) mass is 427 g/mol. The van der Waals surface area contributed by atoms with Gasteiger partial charge in [-0.3, -0.25) is 14.4 Å². The number of carbonyl (C=O) groups is 3. The molecule has 0 atom stereocenters. The molecule has 1 aromatic carbocycles. The van der Waals surface area contributed by atoms with Crippen LogP contribution in [-0.4, -0.2) is 29.8 Å². The summed E-state index contributed by atoms with van der Waals surface area (Å²) in [6.45, 7) is 15.0. The number of nitrogens with one attached hydrogen (secondary N) is 1. The second kappa shape index (κ2) is 10.7. The van der Waals surface area contributed by atoms with Gasteiger partial charge in [0.15, 0.2) is 17.3 Å². The summed E-state index contributed by atoms with van der Waals surface area (Å²) in [5.41, 5.74) is -0.547. The van der Waals surface area contributed by atoms with Crippen LogP contribution in [0, 0.1) is 11.3 Å². The molecular formula is C22H34ClNO5. The van der Waals surface area contributed by atoms with Crippen LogP contribution >= 0.6 is 12.4 Å². The molecule has 0 aliphatic rings. The van der Waals surface area contributed by atoms with Crippen molar-refractivity contribution in [2.75, 3.05) is 6.54 Å². The highest BCUT2D eigenvalue weighted by atomic mass is 35.5. The number of carbonyl (C=O) groups excluding carboxylic acids is 3. The minimum Gasteiger partial charge on any atom is -0.422 e. The molecule has 0 radical (unpaired) electrons. The fourth-order valence-corrected chi connectivity index (χ4v) is 2.04. The van der Waals surface area contributed by atoms with Gasteiger partial charge in [0, 0.05) is 17.5 Å². The molecule has 7 heteroatoms. The molecule has 0 spiro atoms. The molecule has 0 saturated heterocycles. The van der Waals surface area contributed by atoms with E-state index >= 15 is 0 Å². The van der Waals surface area contributed by atoms with Crippen molar-refractivity contribution in [3.63, 3.8) is 0 Å². The highest BCUT2D eigenvalue weighted by Gasteiger charge is 2.26. The Balaban J connectivity index is 0.00000784. The summed E-state index contributed by atoms with van der Waals surface area (Å²) >= 11 is 0. The maximum Gasteiger partial charge on any atom is 0.316 e. The number of rotatable bonds is 7. The summed E-state index contributed by atoms with van der Waals surface area (Å²) in [7, 11) is 0. The highest BCUT2D eigenvalue weighted by Crippen LogP contribution is 2.31. The number of halogens is 1. The first-order valence-corrected chi connectivity index (χ1v) is 9.54. The van der Waals surface area contributed by atoms with Gasteiger partial charge >= 0.3 is 11.9 Å². The van der Waals surface area contributed by atoms with E-state index < -0.39 is 17.4 Å². The molecule has 0 aromatic heterocycles. The Morgan fingerprint density at radius 1 is 0.966 bits per heavy atom. The number of Topliss-reactive ketones (excluding diaryl/α,β-unsaturated/α-hetero) is 1. The maximum atomic E-state index is 12.5. The first kappa shape index (κ1) is 27.1. The van der Waals surface area contributed by atoms with Gasteiger partial charge in [0.2, 0.25) is 0 Å². The van der Waals surface area contributed by atoms with Crippen molar-refractivity contribution in [3.8, 4) is 11.5 Å². The summed E-state index contributed by atoms with van der Waals surface area (Å²) in [5, 5.41) is 3.13. The smallest absolute Gasteiger partial charge is 0.316 e. The van der Waals surface area contributed by atoms with Crippen molar-refractivity contribution < 1.29 is 23.9 Å². The molecule has 0 bridgehead atoms. The van der Waals surface area contributed by atoms with Crippen molar-refractivity contribution >= 4 is 30.1 Å². The minimum absolute atomic E-state index is 0. The Bertz CT molecular complexity index is 730. The van der Waals surface area contributed by atoms with Crippen LogP contribution in [0.15, 0.2) is 18.2 Å². The normalized spacial score (nSPS) is 11.6. The van der Waals surface area contributed by atoms with Crippen LogP contribution in [0.1, 0.15) is 72.2 Å². The topological polar surface area (TPSA) is 81.7 Å². The van der Waals surface area contributed by atoms with Gasteiger partial charge in [0.05, 0.1) is 12.0 Å². The molecule has 1 N–H and O–H groups in total. The lowest BCUT2D eigenvalue weighted by Gasteiger charge is -2.20. The third-order valence-corrected chi connectivity index (χ3v) is 3.66. The molecule has 0 fully saturated rings. The average molecular weight is 428 g/mol. The standard InChI is InChI=1S/C22H33NO5.ClH/c1-14(2)11-19(25)27-18-12-15(16(24)13-23-22(6,7)8)9-10-17(18)28-20(26)21(3,4)5;/h9-10,12,14,23H,11,13H2,1-8H3;1H. The van der Waals surface area contributed by atoms with Crippen LogP contribution in [0.25, 0.3) is 0 Å². The fourth-order valence-electron chi connectivity index (χ4n) is 2.04. The van der Waals surface area contributed by atoms with Crippen LogP contribution in [0.5, 0.6) is 11.5 Å². The van der Waals surface area contributed by atoms with E-state index in [1.807, 2.05) is 34.6 Å². The van der Waals surface area contributed by atoms with Crippen LogP contribution in [0.2, 0.25) is 0 Å². The molecule has 6 nitrogen and oxygen atoms in total. The number of ketones is 1. The van der Waals surface area contributed by atoms with E-state index in [2.05, 4.69) is 5.32 Å². The minimum atomic E-state index is -0.718. The average Bonchev–Trinajstić information content (AvgIpc) is 2.51. The van der Waals surface area contributed by atoms with Crippen molar-refractivity contribution in [1.82, 2.24) is 5.32 Å². The van der Waals surface area contributed by atoms with Crippen LogP contribution < -0.4 is 14.8 Å². The third-order valence-electron chi connectivity index (χ3n) is 3.66. The lowest BCUT2D eigenvalue weighted by atomic mass is 9.97. The molecule has 29 heavy (non-hydrogen) atoms. The molecule has 0 unspecified atom stereocenters. The van der Waals surface area contributed by atoms with Crippen LogP contribution in [0.3, 0.4) is 0 Å². The summed E-state index contributed by atoms with van der Waals surface area (Å²) in [6.07, 6.45) is 0.219. The Kier molecular flexibility index (Phi) is 10.0. The zero-order chi connectivity index (χ0) is 21.7. The molecule has 1 rings (SSSR count). The lowest BCUT2D eigenvalue weighted by molar-refractivity contribution is -0.143. The predicted octanol–water partition coefficient (Wildman–Crippen LogP) is 4.58. The van der Waals surface area contributed by atoms with E-state index in [9.17, 15) is 14.4 Å². The Morgan fingerprint density at radius 3 is 2.03 bits per heavy atom. The fraction of sp³-hybridized carbons (Fsp3) is 0.591. The molecule has 0 aliphatic heterocycles. The van der Waals surface area contributed by atoms with Crippen LogP contribution in [-0.2, 0) is 9.59 Å². The quantitative estimate of drug-likeness (QED) is 0.389. The molecule has 0 heterocycles. The van der Waals surface area contributed by atoms with E-state index in [0.29, 0.717) is 5.56 Å². The molecule has 1 aromatic rings. The predicted molar refractivity (Wildman–Crippen MR) is 116 cm³/mol. The van der Waals surface area contributed by atoms with Crippen LogP contribution in [0.4, 0.5) is 0 Å². The summed E-state index contributed by atoms with van der Waals surface area (Å²) in [6, 6.07) is 4.51. The van der Waals surface area contributed by atoms with E-state index in [4.69, 9.17) is 9.47 Å². The van der Waals surface area contributed by atoms with Crippen molar-refractivity contribution in [2.45, 2.75) is 67.3 Å².